The van der Waals surface area contributed by atoms with E-state index in [2.05, 4.69) is 24.8 Å². The minimum absolute atomic E-state index is 0.0118. The molecule has 0 saturated heterocycles. The van der Waals surface area contributed by atoms with Gasteiger partial charge in [0.25, 0.3) is 0 Å². The lowest BCUT2D eigenvalue weighted by Crippen LogP contribution is -2.23. The van der Waals surface area contributed by atoms with E-state index in [4.69, 9.17) is 17.3 Å². The Morgan fingerprint density at radius 3 is 2.53 bits per heavy atom. The lowest BCUT2D eigenvalue weighted by Gasteiger charge is -2.24. The van der Waals surface area contributed by atoms with Gasteiger partial charge in [-0.05, 0) is 38.0 Å². The topological polar surface area (TPSA) is 29.3 Å². The van der Waals surface area contributed by atoms with Gasteiger partial charge in [0.05, 0.1) is 0 Å². The third-order valence-corrected chi connectivity index (χ3v) is 3.33. The molecule has 0 saturated carbocycles. The third kappa shape index (κ3) is 3.90. The summed E-state index contributed by atoms with van der Waals surface area (Å²) in [5.74, 6) is 0. The second-order valence-corrected chi connectivity index (χ2v) is 4.83. The van der Waals surface area contributed by atoms with Crippen molar-refractivity contribution in [2.45, 2.75) is 39.7 Å². The molecular formula is C14H23ClN2. The van der Waals surface area contributed by atoms with E-state index < -0.39 is 0 Å². The third-order valence-electron chi connectivity index (χ3n) is 3.00. The molecule has 0 aromatic heterocycles. The molecule has 0 bridgehead atoms. The van der Waals surface area contributed by atoms with E-state index in [0.717, 1.165) is 23.7 Å². The fraction of sp³-hybridized carbons (Fsp3) is 0.571. The highest BCUT2D eigenvalue weighted by Gasteiger charge is 2.09. The minimum atomic E-state index is -0.0118. The monoisotopic (exact) mass is 254 g/mol. The Kier molecular flexibility index (Phi) is 5.79. The van der Waals surface area contributed by atoms with Gasteiger partial charge >= 0.3 is 0 Å². The van der Waals surface area contributed by atoms with Gasteiger partial charge in [-0.2, -0.15) is 0 Å². The average molecular weight is 255 g/mol. The summed E-state index contributed by atoms with van der Waals surface area (Å²) in [7, 11) is 0. The molecule has 1 rings (SSSR count). The SMILES string of the molecule is CCCCN(CC)c1ccc(C(C)N)c(Cl)c1. The molecule has 96 valence electrons. The molecule has 0 fully saturated rings. The van der Waals surface area contributed by atoms with Gasteiger partial charge in [-0.15, -0.1) is 0 Å². The van der Waals surface area contributed by atoms with E-state index in [1.807, 2.05) is 19.1 Å². The zero-order chi connectivity index (χ0) is 12.8. The van der Waals surface area contributed by atoms with Crippen LogP contribution in [0.25, 0.3) is 0 Å². The second kappa shape index (κ2) is 6.87. The van der Waals surface area contributed by atoms with Crippen molar-refractivity contribution in [1.29, 1.82) is 0 Å². The van der Waals surface area contributed by atoms with Crippen LogP contribution in [0.1, 0.15) is 45.2 Å². The summed E-state index contributed by atoms with van der Waals surface area (Å²) in [6.07, 6.45) is 2.42. The first-order valence-electron chi connectivity index (χ1n) is 6.40. The van der Waals surface area contributed by atoms with Crippen LogP contribution in [0.5, 0.6) is 0 Å². The molecule has 3 heteroatoms. The number of hydrogen-bond donors (Lipinski definition) is 1. The standard InChI is InChI=1S/C14H23ClN2/c1-4-6-9-17(5-2)12-7-8-13(11(3)16)14(15)10-12/h7-8,10-11H,4-6,9,16H2,1-3H3. The fourth-order valence-corrected chi connectivity index (χ4v) is 2.25. The van der Waals surface area contributed by atoms with Crippen LogP contribution in [0, 0.1) is 0 Å². The van der Waals surface area contributed by atoms with Gasteiger partial charge in [0.1, 0.15) is 0 Å². The molecule has 0 aliphatic rings. The molecule has 1 aromatic carbocycles. The van der Waals surface area contributed by atoms with E-state index >= 15 is 0 Å². The summed E-state index contributed by atoms with van der Waals surface area (Å²) in [6, 6.07) is 6.17. The highest BCUT2D eigenvalue weighted by molar-refractivity contribution is 6.31. The van der Waals surface area contributed by atoms with Crippen molar-refractivity contribution in [2.75, 3.05) is 18.0 Å². The smallest absolute Gasteiger partial charge is 0.0474 e. The molecule has 2 N–H and O–H groups in total. The lowest BCUT2D eigenvalue weighted by molar-refractivity contribution is 0.731. The summed E-state index contributed by atoms with van der Waals surface area (Å²) in [6.45, 7) is 8.42. The summed E-state index contributed by atoms with van der Waals surface area (Å²) in [4.78, 5) is 2.35. The number of unbranched alkanes of at least 4 members (excludes halogenated alkanes) is 1. The number of anilines is 1. The van der Waals surface area contributed by atoms with E-state index in [0.29, 0.717) is 0 Å². The average Bonchev–Trinajstić information content (AvgIpc) is 2.29. The Labute approximate surface area is 110 Å². The lowest BCUT2D eigenvalue weighted by atomic mass is 10.1. The first-order valence-corrected chi connectivity index (χ1v) is 6.77. The van der Waals surface area contributed by atoms with E-state index in [9.17, 15) is 0 Å². The van der Waals surface area contributed by atoms with Crippen LogP contribution in [0.4, 0.5) is 5.69 Å². The molecule has 1 aromatic rings. The molecule has 1 unspecified atom stereocenters. The van der Waals surface area contributed by atoms with Crippen LogP contribution in [0.3, 0.4) is 0 Å². The molecule has 0 aliphatic heterocycles. The Morgan fingerprint density at radius 1 is 1.35 bits per heavy atom. The zero-order valence-electron chi connectivity index (χ0n) is 11.0. The number of nitrogens with two attached hydrogens (primary N) is 1. The van der Waals surface area contributed by atoms with E-state index in [-0.39, 0.29) is 6.04 Å². The Morgan fingerprint density at radius 2 is 2.06 bits per heavy atom. The van der Waals surface area contributed by atoms with Crippen molar-refractivity contribution >= 4 is 17.3 Å². The van der Waals surface area contributed by atoms with E-state index in [1.165, 1.54) is 18.5 Å². The normalized spacial score (nSPS) is 12.5. The predicted molar refractivity (Wildman–Crippen MR) is 76.8 cm³/mol. The largest absolute Gasteiger partial charge is 0.372 e. The van der Waals surface area contributed by atoms with Gasteiger partial charge in [-0.1, -0.05) is 31.0 Å². The Hall–Kier alpha value is -0.730. The molecule has 17 heavy (non-hydrogen) atoms. The summed E-state index contributed by atoms with van der Waals surface area (Å²) < 4.78 is 0. The van der Waals surface area contributed by atoms with Gasteiger partial charge in [0.15, 0.2) is 0 Å². The summed E-state index contributed by atoms with van der Waals surface area (Å²) in [5, 5.41) is 0.771. The quantitative estimate of drug-likeness (QED) is 0.832. The van der Waals surface area contributed by atoms with Crippen molar-refractivity contribution in [1.82, 2.24) is 0 Å². The first-order chi connectivity index (χ1) is 8.10. The number of hydrogen-bond acceptors (Lipinski definition) is 2. The maximum atomic E-state index is 6.25. The van der Waals surface area contributed by atoms with Crippen LogP contribution >= 0.6 is 11.6 Å². The highest BCUT2D eigenvalue weighted by Crippen LogP contribution is 2.27. The van der Waals surface area contributed by atoms with Crippen molar-refractivity contribution < 1.29 is 0 Å². The summed E-state index contributed by atoms with van der Waals surface area (Å²) >= 11 is 6.25. The molecule has 0 heterocycles. The number of nitrogens with zero attached hydrogens (tertiary/aromatic N) is 1. The van der Waals surface area contributed by atoms with Crippen LogP contribution in [0.2, 0.25) is 5.02 Å². The molecular weight excluding hydrogens is 232 g/mol. The number of benzene rings is 1. The maximum absolute atomic E-state index is 6.25. The van der Waals surface area contributed by atoms with Gasteiger partial charge in [0.2, 0.25) is 0 Å². The van der Waals surface area contributed by atoms with Crippen molar-refractivity contribution in [2.24, 2.45) is 5.73 Å². The van der Waals surface area contributed by atoms with Crippen LogP contribution in [0.15, 0.2) is 18.2 Å². The molecule has 0 spiro atoms. The zero-order valence-corrected chi connectivity index (χ0v) is 11.8. The van der Waals surface area contributed by atoms with Gasteiger partial charge in [0, 0.05) is 29.8 Å². The highest BCUT2D eigenvalue weighted by atomic mass is 35.5. The van der Waals surface area contributed by atoms with Crippen molar-refractivity contribution in [3.8, 4) is 0 Å². The van der Waals surface area contributed by atoms with E-state index in [1.54, 1.807) is 0 Å². The van der Waals surface area contributed by atoms with Gasteiger partial charge in [-0.3, -0.25) is 0 Å². The molecule has 0 amide bonds. The fourth-order valence-electron chi connectivity index (χ4n) is 1.90. The Balaban J connectivity index is 2.86. The number of rotatable bonds is 6. The maximum Gasteiger partial charge on any atom is 0.0474 e. The molecule has 0 radical (unpaired) electrons. The minimum Gasteiger partial charge on any atom is -0.372 e. The predicted octanol–water partition coefficient (Wildman–Crippen LogP) is 3.99. The van der Waals surface area contributed by atoms with Crippen LogP contribution < -0.4 is 10.6 Å². The first kappa shape index (κ1) is 14.3. The van der Waals surface area contributed by atoms with Gasteiger partial charge in [-0.25, -0.2) is 0 Å². The van der Waals surface area contributed by atoms with Crippen LogP contribution in [-0.4, -0.2) is 13.1 Å². The van der Waals surface area contributed by atoms with Crippen LogP contribution in [-0.2, 0) is 0 Å². The second-order valence-electron chi connectivity index (χ2n) is 4.43. The number of halogens is 1. The Bertz CT molecular complexity index is 350. The molecule has 1 atom stereocenters. The molecule has 0 aliphatic carbocycles. The summed E-state index contributed by atoms with van der Waals surface area (Å²) in [5.41, 5.74) is 8.06. The molecule has 2 nitrogen and oxygen atoms in total. The van der Waals surface area contributed by atoms with Gasteiger partial charge < -0.3 is 10.6 Å². The van der Waals surface area contributed by atoms with Crippen molar-refractivity contribution in [3.05, 3.63) is 28.8 Å². The van der Waals surface area contributed by atoms with Crippen molar-refractivity contribution in [3.63, 3.8) is 0 Å².